The lowest BCUT2D eigenvalue weighted by molar-refractivity contribution is -0.147. The number of esters is 1. The van der Waals surface area contributed by atoms with Crippen LogP contribution in [0.1, 0.15) is 67.4 Å². The summed E-state index contributed by atoms with van der Waals surface area (Å²) in [4.78, 5) is 25.0. The molecule has 2 aliphatic rings. The van der Waals surface area contributed by atoms with Crippen LogP contribution < -0.4 is 5.32 Å². The van der Waals surface area contributed by atoms with Gasteiger partial charge in [0.25, 0.3) is 5.91 Å². The molecule has 0 aromatic carbocycles. The van der Waals surface area contributed by atoms with E-state index in [4.69, 9.17) is 4.74 Å². The molecule has 0 aliphatic heterocycles. The lowest BCUT2D eigenvalue weighted by atomic mass is 9.86. The van der Waals surface area contributed by atoms with Crippen molar-refractivity contribution in [3.63, 3.8) is 0 Å². The summed E-state index contributed by atoms with van der Waals surface area (Å²) in [5.74, 6) is -0.0563. The van der Waals surface area contributed by atoms with Crippen LogP contribution in [0.15, 0.2) is 0 Å². The number of anilines is 1. The monoisotopic (exact) mass is 360 g/mol. The minimum absolute atomic E-state index is 0.281. The number of carbonyl (C=O) groups excluding carboxylic acids is 2. The minimum Gasteiger partial charge on any atom is -0.456 e. The number of aryl methyl sites for hydroxylation is 1. The summed E-state index contributed by atoms with van der Waals surface area (Å²) in [5.41, 5.74) is 1.65. The maximum absolute atomic E-state index is 12.0. The molecule has 0 atom stereocenters. The summed E-state index contributed by atoms with van der Waals surface area (Å²) in [6, 6.07) is 2.19. The smallest absolute Gasteiger partial charge is 0.306 e. The molecule has 6 heteroatoms. The number of hydrogen-bond acceptors (Lipinski definition) is 5. The molecule has 1 aromatic rings. The molecular weight excluding hydrogens is 336 g/mol. The second-order valence-electron chi connectivity index (χ2n) is 6.92. The van der Waals surface area contributed by atoms with Gasteiger partial charge in [-0.25, -0.2) is 0 Å². The first kappa shape index (κ1) is 17.9. The normalized spacial score (nSPS) is 16.9. The summed E-state index contributed by atoms with van der Waals surface area (Å²) in [7, 11) is 0. The number of amides is 1. The number of nitrogens with zero attached hydrogens (tertiary/aromatic N) is 1. The highest BCUT2D eigenvalue weighted by atomic mass is 32.1. The molecule has 25 heavy (non-hydrogen) atoms. The van der Waals surface area contributed by atoms with Crippen molar-refractivity contribution in [2.75, 3.05) is 11.9 Å². The zero-order valence-corrected chi connectivity index (χ0v) is 15.3. The Balaban J connectivity index is 1.42. The van der Waals surface area contributed by atoms with E-state index in [0.717, 1.165) is 31.2 Å². The van der Waals surface area contributed by atoms with Gasteiger partial charge >= 0.3 is 5.97 Å². The van der Waals surface area contributed by atoms with Crippen molar-refractivity contribution in [2.24, 2.45) is 5.92 Å². The molecule has 3 rings (SSSR count). The van der Waals surface area contributed by atoms with Gasteiger partial charge in [0.1, 0.15) is 11.1 Å². The lowest BCUT2D eigenvalue weighted by Gasteiger charge is -2.20. The van der Waals surface area contributed by atoms with Crippen molar-refractivity contribution in [3.8, 4) is 6.07 Å². The van der Waals surface area contributed by atoms with Crippen molar-refractivity contribution < 1.29 is 14.3 Å². The molecule has 0 bridgehead atoms. The number of nitriles is 1. The molecule has 0 radical (unpaired) electrons. The van der Waals surface area contributed by atoms with Gasteiger partial charge in [-0.15, -0.1) is 11.3 Å². The van der Waals surface area contributed by atoms with E-state index in [1.807, 2.05) is 0 Å². The SMILES string of the molecule is N#Cc1c(NC(=O)COC(=O)CCC2CCCCC2)sc2c1CCC2. The Hall–Kier alpha value is -1.87. The van der Waals surface area contributed by atoms with E-state index in [0.29, 0.717) is 22.9 Å². The highest BCUT2D eigenvalue weighted by Crippen LogP contribution is 2.38. The Morgan fingerprint density at radius 2 is 2.00 bits per heavy atom. The third kappa shape index (κ3) is 4.60. The summed E-state index contributed by atoms with van der Waals surface area (Å²) in [6.07, 6.45) is 10.4. The van der Waals surface area contributed by atoms with E-state index >= 15 is 0 Å². The van der Waals surface area contributed by atoms with E-state index in [1.165, 1.54) is 48.3 Å². The van der Waals surface area contributed by atoms with Gasteiger partial charge in [0, 0.05) is 11.3 Å². The minimum atomic E-state index is -0.373. The van der Waals surface area contributed by atoms with Crippen LogP contribution in [0.2, 0.25) is 0 Å². The highest BCUT2D eigenvalue weighted by molar-refractivity contribution is 7.16. The fraction of sp³-hybridized carbons (Fsp3) is 0.632. The number of fused-ring (bicyclic) bond motifs is 1. The molecule has 0 unspecified atom stereocenters. The van der Waals surface area contributed by atoms with Gasteiger partial charge in [0.2, 0.25) is 0 Å². The second-order valence-corrected chi connectivity index (χ2v) is 8.03. The fourth-order valence-corrected chi connectivity index (χ4v) is 5.05. The predicted molar refractivity (Wildman–Crippen MR) is 96.5 cm³/mol. The Morgan fingerprint density at radius 3 is 2.76 bits per heavy atom. The standard InChI is InChI=1S/C19H24N2O3S/c20-11-15-14-7-4-8-16(14)25-19(15)21-17(22)12-24-18(23)10-9-13-5-2-1-3-6-13/h13H,1-10,12H2,(H,21,22). The van der Waals surface area contributed by atoms with Crippen molar-refractivity contribution in [1.29, 1.82) is 5.26 Å². The number of hydrogen-bond donors (Lipinski definition) is 1. The van der Waals surface area contributed by atoms with Crippen molar-refractivity contribution >= 4 is 28.2 Å². The Morgan fingerprint density at radius 1 is 1.20 bits per heavy atom. The van der Waals surface area contributed by atoms with Crippen molar-refractivity contribution in [3.05, 3.63) is 16.0 Å². The number of thiophene rings is 1. The maximum atomic E-state index is 12.0. The zero-order chi connectivity index (χ0) is 17.6. The Bertz CT molecular complexity index is 684. The average molecular weight is 360 g/mol. The quantitative estimate of drug-likeness (QED) is 0.779. The molecule has 1 aromatic heterocycles. The van der Waals surface area contributed by atoms with Crippen LogP contribution in [-0.2, 0) is 27.2 Å². The van der Waals surface area contributed by atoms with Crippen LogP contribution in [-0.4, -0.2) is 18.5 Å². The molecular formula is C19H24N2O3S. The van der Waals surface area contributed by atoms with Gasteiger partial charge < -0.3 is 10.1 Å². The molecule has 0 spiro atoms. The molecule has 2 aliphatic carbocycles. The van der Waals surface area contributed by atoms with Gasteiger partial charge in [-0.1, -0.05) is 32.1 Å². The van der Waals surface area contributed by atoms with E-state index in [1.54, 1.807) is 0 Å². The van der Waals surface area contributed by atoms with Gasteiger partial charge in [-0.3, -0.25) is 9.59 Å². The third-order valence-electron chi connectivity index (χ3n) is 5.13. The van der Waals surface area contributed by atoms with Crippen LogP contribution >= 0.6 is 11.3 Å². The molecule has 1 N–H and O–H groups in total. The second kappa shape index (κ2) is 8.48. The number of rotatable bonds is 6. The van der Waals surface area contributed by atoms with Crippen LogP contribution in [0.5, 0.6) is 0 Å². The molecule has 0 saturated heterocycles. The number of ether oxygens (including phenoxy) is 1. The summed E-state index contributed by atoms with van der Waals surface area (Å²) in [6.45, 7) is -0.281. The summed E-state index contributed by atoms with van der Waals surface area (Å²) in [5, 5.41) is 12.6. The first-order valence-corrected chi connectivity index (χ1v) is 9.99. The number of carbonyl (C=O) groups is 2. The van der Waals surface area contributed by atoms with E-state index < -0.39 is 0 Å². The third-order valence-corrected chi connectivity index (χ3v) is 6.34. The lowest BCUT2D eigenvalue weighted by Crippen LogP contribution is -2.21. The summed E-state index contributed by atoms with van der Waals surface area (Å²) >= 11 is 1.47. The molecule has 1 heterocycles. The molecule has 1 fully saturated rings. The predicted octanol–water partition coefficient (Wildman–Crippen LogP) is 3.95. The van der Waals surface area contributed by atoms with Crippen LogP contribution in [0.3, 0.4) is 0 Å². The maximum Gasteiger partial charge on any atom is 0.306 e. The first-order chi connectivity index (χ1) is 12.2. The van der Waals surface area contributed by atoms with Gasteiger partial charge in [0.15, 0.2) is 6.61 Å². The first-order valence-electron chi connectivity index (χ1n) is 9.17. The van der Waals surface area contributed by atoms with Gasteiger partial charge in [0.05, 0.1) is 5.56 Å². The fourth-order valence-electron chi connectivity index (χ4n) is 3.79. The van der Waals surface area contributed by atoms with Crippen LogP contribution in [0.4, 0.5) is 5.00 Å². The molecule has 1 amide bonds. The van der Waals surface area contributed by atoms with Gasteiger partial charge in [-0.2, -0.15) is 5.26 Å². The van der Waals surface area contributed by atoms with Crippen molar-refractivity contribution in [2.45, 2.75) is 64.2 Å². The van der Waals surface area contributed by atoms with E-state index in [2.05, 4.69) is 11.4 Å². The largest absolute Gasteiger partial charge is 0.456 e. The molecule has 5 nitrogen and oxygen atoms in total. The van der Waals surface area contributed by atoms with Crippen LogP contribution in [0.25, 0.3) is 0 Å². The molecule has 134 valence electrons. The Labute approximate surface area is 152 Å². The number of nitrogens with one attached hydrogen (secondary N) is 1. The highest BCUT2D eigenvalue weighted by Gasteiger charge is 2.23. The molecule has 1 saturated carbocycles. The van der Waals surface area contributed by atoms with Crippen molar-refractivity contribution in [1.82, 2.24) is 0 Å². The van der Waals surface area contributed by atoms with E-state index in [-0.39, 0.29) is 18.5 Å². The van der Waals surface area contributed by atoms with E-state index in [9.17, 15) is 14.9 Å². The van der Waals surface area contributed by atoms with Gasteiger partial charge in [-0.05, 0) is 37.2 Å². The average Bonchev–Trinajstić information content (AvgIpc) is 3.19. The van der Waals surface area contributed by atoms with Crippen LogP contribution in [0, 0.1) is 17.2 Å². The Kier molecular flexibility index (Phi) is 6.09. The summed E-state index contributed by atoms with van der Waals surface area (Å²) < 4.78 is 5.09. The topological polar surface area (TPSA) is 79.2 Å². The zero-order valence-electron chi connectivity index (χ0n) is 14.4.